The number of amides is 1. The summed E-state index contributed by atoms with van der Waals surface area (Å²) in [6.07, 6.45) is 12.6. The number of carbonyl (C=O) groups is 1. The van der Waals surface area contributed by atoms with E-state index in [1.807, 2.05) is 0 Å². The molecule has 0 spiro atoms. The lowest BCUT2D eigenvalue weighted by Crippen LogP contribution is -2.34. The molecule has 2 aliphatic carbocycles. The minimum atomic E-state index is -0.566. The summed E-state index contributed by atoms with van der Waals surface area (Å²) in [6.45, 7) is 0. The van der Waals surface area contributed by atoms with Gasteiger partial charge in [0, 0.05) is 42.3 Å². The van der Waals surface area contributed by atoms with Crippen LogP contribution in [0, 0.1) is 17.8 Å². The molecule has 0 heterocycles. The van der Waals surface area contributed by atoms with Gasteiger partial charge in [-0.2, -0.15) is 0 Å². The van der Waals surface area contributed by atoms with E-state index < -0.39 is 6.09 Å². The standard InChI is InChI=1S/C30H40ClN3O2/c1-34(2)27-18-16-22(17-19-27)20-28(23-10-5-3-6-11-23)29(24-12-7-4-8-13-24)33-36-30(35)32-26-15-9-14-25(31)21-26/h9,14-19,21,23-24,28H,3-8,10-13,20H2,1-2H3,(H,32,35)/b33-29+. The Kier molecular flexibility index (Phi) is 9.68. The van der Waals surface area contributed by atoms with Gasteiger partial charge in [0.1, 0.15) is 0 Å². The number of carbonyl (C=O) groups excluding carboxylic acids is 1. The Morgan fingerprint density at radius 1 is 1.00 bits per heavy atom. The smallest absolute Gasteiger partial charge is 0.378 e. The molecule has 2 aromatic carbocycles. The van der Waals surface area contributed by atoms with Gasteiger partial charge < -0.3 is 4.90 Å². The van der Waals surface area contributed by atoms with Gasteiger partial charge in [0.25, 0.3) is 0 Å². The SMILES string of the molecule is CN(C)c1ccc(CC(/C(=N/OC(=O)Nc2cccc(Cl)c2)C2CCCCC2)C2CCCCC2)cc1. The average molecular weight is 510 g/mol. The molecule has 4 rings (SSSR count). The van der Waals surface area contributed by atoms with Crippen LogP contribution in [0.2, 0.25) is 5.02 Å². The van der Waals surface area contributed by atoms with E-state index in [-0.39, 0.29) is 5.92 Å². The molecule has 2 fully saturated rings. The Labute approximate surface area is 221 Å². The van der Waals surface area contributed by atoms with Crippen LogP contribution in [0.15, 0.2) is 53.7 Å². The van der Waals surface area contributed by atoms with E-state index in [2.05, 4.69) is 53.7 Å². The van der Waals surface area contributed by atoms with E-state index in [0.717, 1.165) is 25.0 Å². The molecule has 1 unspecified atom stereocenters. The van der Waals surface area contributed by atoms with Crippen molar-refractivity contribution in [1.82, 2.24) is 0 Å². The highest BCUT2D eigenvalue weighted by Gasteiger charge is 2.34. The van der Waals surface area contributed by atoms with Crippen LogP contribution in [-0.4, -0.2) is 25.9 Å². The minimum absolute atomic E-state index is 0.289. The number of nitrogens with zero attached hydrogens (tertiary/aromatic N) is 2. The van der Waals surface area contributed by atoms with Gasteiger partial charge in [0.2, 0.25) is 0 Å². The van der Waals surface area contributed by atoms with E-state index >= 15 is 0 Å². The van der Waals surface area contributed by atoms with E-state index in [1.165, 1.54) is 62.6 Å². The topological polar surface area (TPSA) is 53.9 Å². The Bertz CT molecular complexity index is 1010. The minimum Gasteiger partial charge on any atom is -0.378 e. The second-order valence-electron chi connectivity index (χ2n) is 10.6. The molecule has 0 aliphatic heterocycles. The number of hydrogen-bond donors (Lipinski definition) is 1. The quantitative estimate of drug-likeness (QED) is 0.221. The van der Waals surface area contributed by atoms with Crippen molar-refractivity contribution in [1.29, 1.82) is 0 Å². The molecule has 2 aromatic rings. The van der Waals surface area contributed by atoms with Crippen LogP contribution >= 0.6 is 11.6 Å². The molecule has 0 radical (unpaired) electrons. The fourth-order valence-electron chi connectivity index (χ4n) is 5.88. The zero-order valence-electron chi connectivity index (χ0n) is 21.7. The highest BCUT2D eigenvalue weighted by molar-refractivity contribution is 6.30. The van der Waals surface area contributed by atoms with Gasteiger partial charge in [-0.05, 0) is 73.9 Å². The highest BCUT2D eigenvalue weighted by atomic mass is 35.5. The normalized spacial score (nSPS) is 18.5. The van der Waals surface area contributed by atoms with Gasteiger partial charge in [-0.15, -0.1) is 0 Å². The second-order valence-corrected chi connectivity index (χ2v) is 11.1. The predicted molar refractivity (Wildman–Crippen MR) is 150 cm³/mol. The number of halogens is 1. The van der Waals surface area contributed by atoms with Crippen molar-refractivity contribution in [2.24, 2.45) is 22.9 Å². The average Bonchev–Trinajstić information content (AvgIpc) is 2.89. The summed E-state index contributed by atoms with van der Waals surface area (Å²) in [6, 6.07) is 16.0. The molecule has 0 bridgehead atoms. The summed E-state index contributed by atoms with van der Waals surface area (Å²) in [7, 11) is 4.14. The van der Waals surface area contributed by atoms with Crippen molar-refractivity contribution >= 4 is 34.8 Å². The molecule has 1 atom stereocenters. The Hall–Kier alpha value is -2.53. The van der Waals surface area contributed by atoms with E-state index in [4.69, 9.17) is 16.4 Å². The first-order valence-electron chi connectivity index (χ1n) is 13.6. The van der Waals surface area contributed by atoms with E-state index in [9.17, 15) is 4.79 Å². The molecule has 0 saturated heterocycles. The lowest BCUT2D eigenvalue weighted by atomic mass is 9.70. The van der Waals surface area contributed by atoms with Crippen molar-refractivity contribution in [3.8, 4) is 0 Å². The zero-order chi connectivity index (χ0) is 25.3. The maximum Gasteiger partial charge on any atom is 0.437 e. The van der Waals surface area contributed by atoms with Crippen molar-refractivity contribution in [2.45, 2.75) is 70.6 Å². The van der Waals surface area contributed by atoms with Crippen LogP contribution < -0.4 is 10.2 Å². The third-order valence-electron chi connectivity index (χ3n) is 7.84. The van der Waals surface area contributed by atoms with Crippen molar-refractivity contribution in [2.75, 3.05) is 24.3 Å². The first-order valence-corrected chi connectivity index (χ1v) is 13.9. The van der Waals surface area contributed by atoms with E-state index in [1.54, 1.807) is 24.3 Å². The Morgan fingerprint density at radius 3 is 2.31 bits per heavy atom. The number of benzene rings is 2. The lowest BCUT2D eigenvalue weighted by Gasteiger charge is -2.35. The maximum absolute atomic E-state index is 12.7. The Balaban J connectivity index is 1.58. The number of nitrogens with one attached hydrogen (secondary N) is 1. The molecule has 0 aromatic heterocycles. The summed E-state index contributed by atoms with van der Waals surface area (Å²) in [5.74, 6) is 1.25. The molecule has 1 amide bonds. The molecule has 5 nitrogen and oxygen atoms in total. The largest absolute Gasteiger partial charge is 0.437 e. The molecule has 2 saturated carbocycles. The molecule has 2 aliphatic rings. The van der Waals surface area contributed by atoms with Gasteiger partial charge >= 0.3 is 6.09 Å². The van der Waals surface area contributed by atoms with Crippen molar-refractivity contribution < 1.29 is 9.63 Å². The third kappa shape index (κ3) is 7.49. The van der Waals surface area contributed by atoms with E-state index in [0.29, 0.717) is 22.5 Å². The first kappa shape index (κ1) is 26.5. The number of hydrogen-bond acceptors (Lipinski definition) is 4. The lowest BCUT2D eigenvalue weighted by molar-refractivity contribution is 0.162. The fourth-order valence-corrected chi connectivity index (χ4v) is 6.07. The monoisotopic (exact) mass is 509 g/mol. The van der Waals surface area contributed by atoms with Gasteiger partial charge in [-0.25, -0.2) is 4.79 Å². The van der Waals surface area contributed by atoms with Crippen LogP contribution in [0.3, 0.4) is 0 Å². The Morgan fingerprint density at radius 2 is 1.67 bits per heavy atom. The summed E-state index contributed by atoms with van der Waals surface area (Å²) < 4.78 is 0. The molecule has 1 N–H and O–H groups in total. The molecule has 194 valence electrons. The summed E-state index contributed by atoms with van der Waals surface area (Å²) >= 11 is 6.07. The summed E-state index contributed by atoms with van der Waals surface area (Å²) in [4.78, 5) is 20.4. The van der Waals surface area contributed by atoms with Crippen LogP contribution in [0.5, 0.6) is 0 Å². The maximum atomic E-state index is 12.7. The fraction of sp³-hybridized carbons (Fsp3) is 0.533. The summed E-state index contributed by atoms with van der Waals surface area (Å²) in [5, 5.41) is 7.98. The molecule has 6 heteroatoms. The van der Waals surface area contributed by atoms with Crippen LogP contribution in [0.4, 0.5) is 16.2 Å². The number of rotatable bonds is 8. The third-order valence-corrected chi connectivity index (χ3v) is 8.07. The zero-order valence-corrected chi connectivity index (χ0v) is 22.5. The molecular weight excluding hydrogens is 470 g/mol. The van der Waals surface area contributed by atoms with Gasteiger partial charge in [0.15, 0.2) is 0 Å². The van der Waals surface area contributed by atoms with Crippen molar-refractivity contribution in [3.63, 3.8) is 0 Å². The first-order chi connectivity index (χ1) is 17.5. The molecule has 36 heavy (non-hydrogen) atoms. The van der Waals surface area contributed by atoms with Gasteiger partial charge in [-0.1, -0.05) is 73.5 Å². The van der Waals surface area contributed by atoms with Crippen molar-refractivity contribution in [3.05, 3.63) is 59.1 Å². The van der Waals surface area contributed by atoms with Gasteiger partial charge in [-0.3, -0.25) is 10.2 Å². The highest BCUT2D eigenvalue weighted by Crippen LogP contribution is 2.38. The van der Waals surface area contributed by atoms with Gasteiger partial charge in [0.05, 0.1) is 5.71 Å². The van der Waals surface area contributed by atoms with Crippen LogP contribution in [-0.2, 0) is 11.3 Å². The van der Waals surface area contributed by atoms with Crippen LogP contribution in [0.25, 0.3) is 0 Å². The molecular formula is C30H40ClN3O2. The second kappa shape index (κ2) is 13.1. The summed E-state index contributed by atoms with van der Waals surface area (Å²) in [5.41, 5.74) is 4.23. The number of oxime groups is 1. The number of anilines is 2. The predicted octanol–water partition coefficient (Wildman–Crippen LogP) is 8.33. The van der Waals surface area contributed by atoms with Crippen LogP contribution in [0.1, 0.15) is 69.8 Å².